The van der Waals surface area contributed by atoms with Crippen molar-refractivity contribution in [2.45, 2.75) is 33.5 Å². The van der Waals surface area contributed by atoms with Crippen molar-refractivity contribution in [3.05, 3.63) is 82.0 Å². The SMILES string of the molecule is Cc1ccc(CN=C(NC(=O)c2ccc(C)c(C)c2)Nc2cc(C(F)(F)F)[nH]n2)cc1. The summed E-state index contributed by atoms with van der Waals surface area (Å²) in [5, 5.41) is 10.8. The molecule has 2 aromatic carbocycles. The van der Waals surface area contributed by atoms with Gasteiger partial charge in [0.05, 0.1) is 6.54 Å². The summed E-state index contributed by atoms with van der Waals surface area (Å²) in [7, 11) is 0. The van der Waals surface area contributed by atoms with Crippen LogP contribution in [0.25, 0.3) is 0 Å². The summed E-state index contributed by atoms with van der Waals surface area (Å²) in [6.07, 6.45) is -4.56. The number of amides is 1. The van der Waals surface area contributed by atoms with Gasteiger partial charge in [0.2, 0.25) is 5.96 Å². The van der Waals surface area contributed by atoms with Crippen molar-refractivity contribution in [1.29, 1.82) is 0 Å². The Morgan fingerprint density at radius 3 is 2.35 bits per heavy atom. The van der Waals surface area contributed by atoms with Gasteiger partial charge in [0.15, 0.2) is 5.82 Å². The lowest BCUT2D eigenvalue weighted by Gasteiger charge is -2.11. The number of aryl methyl sites for hydroxylation is 3. The number of guanidine groups is 1. The van der Waals surface area contributed by atoms with Crippen LogP contribution in [0.4, 0.5) is 19.0 Å². The number of halogens is 3. The molecule has 0 aliphatic carbocycles. The van der Waals surface area contributed by atoms with Crippen LogP contribution in [0.15, 0.2) is 53.5 Å². The van der Waals surface area contributed by atoms with Crippen LogP contribution >= 0.6 is 0 Å². The fraction of sp³-hybridized carbons (Fsp3) is 0.227. The number of nitrogens with zero attached hydrogens (tertiary/aromatic N) is 2. The van der Waals surface area contributed by atoms with Gasteiger partial charge in [-0.25, -0.2) is 4.99 Å². The van der Waals surface area contributed by atoms with Gasteiger partial charge in [0.1, 0.15) is 5.69 Å². The average Bonchev–Trinajstić information content (AvgIpc) is 3.18. The second-order valence-electron chi connectivity index (χ2n) is 7.19. The van der Waals surface area contributed by atoms with Gasteiger partial charge >= 0.3 is 6.18 Å². The van der Waals surface area contributed by atoms with Crippen LogP contribution in [-0.4, -0.2) is 22.1 Å². The molecule has 1 amide bonds. The molecule has 0 aliphatic rings. The highest BCUT2D eigenvalue weighted by Crippen LogP contribution is 2.28. The summed E-state index contributed by atoms with van der Waals surface area (Å²) in [6, 6.07) is 13.7. The summed E-state index contributed by atoms with van der Waals surface area (Å²) in [5.74, 6) is -0.566. The van der Waals surface area contributed by atoms with Gasteiger partial charge in [-0.15, -0.1) is 0 Å². The molecule has 1 heterocycles. The molecule has 0 unspecified atom stereocenters. The highest BCUT2D eigenvalue weighted by atomic mass is 19.4. The van der Waals surface area contributed by atoms with E-state index >= 15 is 0 Å². The lowest BCUT2D eigenvalue weighted by Crippen LogP contribution is -2.36. The third kappa shape index (κ3) is 5.94. The number of carbonyl (C=O) groups excluding carboxylic acids is 1. The van der Waals surface area contributed by atoms with E-state index in [1.807, 2.05) is 56.2 Å². The molecule has 0 saturated carbocycles. The Bertz CT molecular complexity index is 1100. The predicted molar refractivity (Wildman–Crippen MR) is 113 cm³/mol. The molecule has 31 heavy (non-hydrogen) atoms. The van der Waals surface area contributed by atoms with Gasteiger partial charge in [-0.05, 0) is 49.6 Å². The molecule has 0 spiro atoms. The van der Waals surface area contributed by atoms with E-state index in [4.69, 9.17) is 0 Å². The predicted octanol–water partition coefficient (Wildman–Crippen LogP) is 4.75. The molecule has 0 bridgehead atoms. The van der Waals surface area contributed by atoms with E-state index in [1.54, 1.807) is 12.1 Å². The first-order valence-electron chi connectivity index (χ1n) is 9.50. The number of aliphatic imine (C=N–C) groups is 1. The van der Waals surface area contributed by atoms with Crippen molar-refractivity contribution >= 4 is 17.7 Å². The van der Waals surface area contributed by atoms with Crippen molar-refractivity contribution in [2.75, 3.05) is 5.32 Å². The molecule has 9 heteroatoms. The van der Waals surface area contributed by atoms with E-state index in [0.29, 0.717) is 5.56 Å². The molecule has 1 aromatic heterocycles. The number of H-pyrrole nitrogens is 1. The molecule has 0 atom stereocenters. The first kappa shape index (κ1) is 22.1. The number of hydrogen-bond acceptors (Lipinski definition) is 3. The smallest absolute Gasteiger partial charge is 0.309 e. The van der Waals surface area contributed by atoms with Crippen LogP contribution in [0.5, 0.6) is 0 Å². The van der Waals surface area contributed by atoms with Crippen molar-refractivity contribution < 1.29 is 18.0 Å². The van der Waals surface area contributed by atoms with Crippen molar-refractivity contribution in [2.24, 2.45) is 4.99 Å². The number of benzene rings is 2. The van der Waals surface area contributed by atoms with Gasteiger partial charge in [-0.2, -0.15) is 18.3 Å². The largest absolute Gasteiger partial charge is 0.432 e. The molecule has 0 aliphatic heterocycles. The minimum absolute atomic E-state index is 0.0102. The minimum atomic E-state index is -4.56. The van der Waals surface area contributed by atoms with E-state index in [2.05, 4.69) is 20.7 Å². The Morgan fingerprint density at radius 1 is 1.03 bits per heavy atom. The van der Waals surface area contributed by atoms with Crippen LogP contribution in [0.1, 0.15) is 38.3 Å². The molecule has 0 saturated heterocycles. The van der Waals surface area contributed by atoms with E-state index in [-0.39, 0.29) is 18.3 Å². The topological polar surface area (TPSA) is 82.2 Å². The molecule has 162 valence electrons. The molecule has 6 nitrogen and oxygen atoms in total. The number of aromatic amines is 1. The molecular formula is C22H22F3N5O. The number of anilines is 1. The van der Waals surface area contributed by atoms with Crippen molar-refractivity contribution in [1.82, 2.24) is 15.5 Å². The normalized spacial score (nSPS) is 12.0. The summed E-state index contributed by atoms with van der Waals surface area (Å²) >= 11 is 0. The quantitative estimate of drug-likeness (QED) is 0.413. The molecule has 0 radical (unpaired) electrons. The Morgan fingerprint density at radius 2 is 1.74 bits per heavy atom. The standard InChI is InChI=1S/C22H22F3N5O/c1-13-4-7-16(8-5-13)12-26-21(27-19-11-18(29-30-19)22(23,24)25)28-20(31)17-9-6-14(2)15(3)10-17/h4-11H,12H2,1-3H3,(H3,26,27,28,29,30,31). The Balaban J connectivity index is 1.82. The van der Waals surface area contributed by atoms with Crippen molar-refractivity contribution in [3.63, 3.8) is 0 Å². The third-order valence-corrected chi connectivity index (χ3v) is 4.67. The lowest BCUT2D eigenvalue weighted by molar-refractivity contribution is -0.141. The number of rotatable bonds is 4. The van der Waals surface area contributed by atoms with E-state index in [9.17, 15) is 18.0 Å². The fourth-order valence-corrected chi connectivity index (χ4v) is 2.69. The zero-order valence-corrected chi connectivity index (χ0v) is 17.3. The number of aromatic nitrogens is 2. The second-order valence-corrected chi connectivity index (χ2v) is 7.19. The third-order valence-electron chi connectivity index (χ3n) is 4.67. The lowest BCUT2D eigenvalue weighted by atomic mass is 10.1. The molecule has 0 fully saturated rings. The number of nitrogens with one attached hydrogen (secondary N) is 3. The molecule has 3 rings (SSSR count). The maximum Gasteiger partial charge on any atom is 0.432 e. The first-order valence-corrected chi connectivity index (χ1v) is 9.50. The Labute approximate surface area is 177 Å². The highest BCUT2D eigenvalue weighted by molar-refractivity contribution is 6.09. The maximum absolute atomic E-state index is 12.8. The van der Waals surface area contributed by atoms with E-state index < -0.39 is 17.8 Å². The monoisotopic (exact) mass is 429 g/mol. The molecule has 3 N–H and O–H groups in total. The number of carbonyl (C=O) groups is 1. The van der Waals surface area contributed by atoms with E-state index in [1.165, 1.54) is 0 Å². The molecular weight excluding hydrogens is 407 g/mol. The van der Waals surface area contributed by atoms with Gasteiger partial charge in [-0.3, -0.25) is 15.2 Å². The van der Waals surface area contributed by atoms with Crippen LogP contribution in [0.3, 0.4) is 0 Å². The Hall–Kier alpha value is -3.62. The van der Waals surface area contributed by atoms with Crippen LogP contribution in [-0.2, 0) is 12.7 Å². The number of alkyl halides is 3. The van der Waals surface area contributed by atoms with Crippen LogP contribution in [0, 0.1) is 20.8 Å². The zero-order valence-electron chi connectivity index (χ0n) is 17.3. The van der Waals surface area contributed by atoms with Crippen LogP contribution < -0.4 is 10.6 Å². The van der Waals surface area contributed by atoms with E-state index in [0.717, 1.165) is 28.3 Å². The summed E-state index contributed by atoms with van der Waals surface area (Å²) in [5.41, 5.74) is 3.35. The highest BCUT2D eigenvalue weighted by Gasteiger charge is 2.33. The van der Waals surface area contributed by atoms with Gasteiger partial charge in [-0.1, -0.05) is 35.9 Å². The average molecular weight is 429 g/mol. The van der Waals surface area contributed by atoms with Gasteiger partial charge < -0.3 is 5.32 Å². The summed E-state index contributed by atoms with van der Waals surface area (Å²) < 4.78 is 38.5. The second kappa shape index (κ2) is 9.03. The first-order chi connectivity index (χ1) is 14.6. The number of hydrogen-bond donors (Lipinski definition) is 3. The van der Waals surface area contributed by atoms with Gasteiger partial charge in [0.25, 0.3) is 5.91 Å². The van der Waals surface area contributed by atoms with Gasteiger partial charge in [0, 0.05) is 11.6 Å². The van der Waals surface area contributed by atoms with Crippen LogP contribution in [0.2, 0.25) is 0 Å². The maximum atomic E-state index is 12.8. The zero-order chi connectivity index (χ0) is 22.6. The summed E-state index contributed by atoms with van der Waals surface area (Å²) in [4.78, 5) is 17.0. The fourth-order valence-electron chi connectivity index (χ4n) is 2.69. The summed E-state index contributed by atoms with van der Waals surface area (Å²) in [6.45, 7) is 5.99. The molecule has 3 aromatic rings. The minimum Gasteiger partial charge on any atom is -0.309 e. The Kier molecular flexibility index (Phi) is 6.43. The van der Waals surface area contributed by atoms with Crippen molar-refractivity contribution in [3.8, 4) is 0 Å².